The lowest BCUT2D eigenvalue weighted by molar-refractivity contribution is -0.0501. The van der Waals surface area contributed by atoms with Crippen molar-refractivity contribution in [3.63, 3.8) is 0 Å². The van der Waals surface area contributed by atoms with E-state index >= 15 is 0 Å². The van der Waals surface area contributed by atoms with Crippen molar-refractivity contribution in [1.29, 1.82) is 0 Å². The molecule has 86 valence electrons. The molecule has 0 spiro atoms. The van der Waals surface area contributed by atoms with Crippen LogP contribution in [0, 0.1) is 12.3 Å². The summed E-state index contributed by atoms with van der Waals surface area (Å²) in [6.45, 7) is 0. The number of terminal acetylenes is 1. The summed E-state index contributed by atoms with van der Waals surface area (Å²) in [4.78, 5) is 3.30. The van der Waals surface area contributed by atoms with E-state index in [1.165, 1.54) is 12.1 Å². The molecule has 0 aliphatic rings. The van der Waals surface area contributed by atoms with Gasteiger partial charge in [0.05, 0.1) is 5.56 Å². The zero-order chi connectivity index (χ0) is 12.4. The van der Waals surface area contributed by atoms with Gasteiger partial charge < -0.3 is 4.18 Å². The molecule has 0 aliphatic carbocycles. The first-order valence-corrected chi connectivity index (χ1v) is 5.11. The van der Waals surface area contributed by atoms with E-state index in [0.29, 0.717) is 0 Å². The predicted octanol–water partition coefficient (Wildman–Crippen LogP) is 1.29. The van der Waals surface area contributed by atoms with Crippen molar-refractivity contribution in [2.45, 2.75) is 5.51 Å². The van der Waals surface area contributed by atoms with Gasteiger partial charge in [0, 0.05) is 6.20 Å². The van der Waals surface area contributed by atoms with E-state index in [2.05, 4.69) is 9.17 Å². The van der Waals surface area contributed by atoms with Gasteiger partial charge in [0.15, 0.2) is 0 Å². The van der Waals surface area contributed by atoms with Gasteiger partial charge in [-0.3, -0.25) is 0 Å². The number of hydrogen-bond acceptors (Lipinski definition) is 4. The number of alkyl halides is 3. The van der Waals surface area contributed by atoms with Gasteiger partial charge in [-0.2, -0.15) is 21.6 Å². The van der Waals surface area contributed by atoms with Crippen LogP contribution in [0.1, 0.15) is 5.56 Å². The van der Waals surface area contributed by atoms with Crippen LogP contribution in [0.15, 0.2) is 18.3 Å². The molecule has 0 saturated carbocycles. The molecule has 0 amide bonds. The largest absolute Gasteiger partial charge is 0.534 e. The molecule has 0 radical (unpaired) electrons. The van der Waals surface area contributed by atoms with Crippen molar-refractivity contribution in [3.8, 4) is 18.2 Å². The van der Waals surface area contributed by atoms with Crippen LogP contribution in [0.5, 0.6) is 5.88 Å². The smallest absolute Gasteiger partial charge is 0.354 e. The molecule has 1 aromatic rings. The van der Waals surface area contributed by atoms with Crippen molar-refractivity contribution < 1.29 is 25.8 Å². The Bertz CT molecular complexity index is 530. The second-order valence-electron chi connectivity index (χ2n) is 2.48. The first kappa shape index (κ1) is 12.3. The fourth-order valence-corrected chi connectivity index (χ4v) is 1.15. The van der Waals surface area contributed by atoms with Gasteiger partial charge >= 0.3 is 15.6 Å². The van der Waals surface area contributed by atoms with Crippen LogP contribution in [-0.2, 0) is 10.1 Å². The minimum Gasteiger partial charge on any atom is -0.354 e. The number of hydrogen-bond donors (Lipinski definition) is 0. The molecule has 0 atom stereocenters. The molecular formula is C8H4F3NO3S. The maximum absolute atomic E-state index is 12.0. The minimum atomic E-state index is -5.74. The van der Waals surface area contributed by atoms with Crippen LogP contribution in [0.4, 0.5) is 13.2 Å². The normalized spacial score (nSPS) is 11.9. The molecule has 0 N–H and O–H groups in total. The number of rotatable bonds is 2. The second-order valence-corrected chi connectivity index (χ2v) is 4.02. The number of pyridine rings is 1. The molecule has 0 fully saturated rings. The van der Waals surface area contributed by atoms with Gasteiger partial charge in [-0.05, 0) is 12.1 Å². The summed E-state index contributed by atoms with van der Waals surface area (Å²) in [6, 6.07) is 2.54. The monoisotopic (exact) mass is 251 g/mol. The van der Waals surface area contributed by atoms with E-state index in [1.54, 1.807) is 0 Å². The Morgan fingerprint density at radius 2 is 2.06 bits per heavy atom. The molecular weight excluding hydrogens is 247 g/mol. The van der Waals surface area contributed by atoms with Crippen molar-refractivity contribution >= 4 is 10.1 Å². The van der Waals surface area contributed by atoms with E-state index in [9.17, 15) is 21.6 Å². The third-order valence-electron chi connectivity index (χ3n) is 1.40. The predicted molar refractivity (Wildman–Crippen MR) is 47.8 cm³/mol. The lowest BCUT2D eigenvalue weighted by Gasteiger charge is -2.09. The average molecular weight is 251 g/mol. The van der Waals surface area contributed by atoms with Gasteiger partial charge in [0.1, 0.15) is 0 Å². The van der Waals surface area contributed by atoms with E-state index in [-0.39, 0.29) is 5.56 Å². The maximum Gasteiger partial charge on any atom is 0.534 e. The summed E-state index contributed by atoms with van der Waals surface area (Å²) in [5.41, 5.74) is -5.70. The van der Waals surface area contributed by atoms with Crippen molar-refractivity contribution in [2.24, 2.45) is 0 Å². The molecule has 16 heavy (non-hydrogen) atoms. The third kappa shape index (κ3) is 2.43. The van der Waals surface area contributed by atoms with E-state index < -0.39 is 21.5 Å². The first-order valence-electron chi connectivity index (χ1n) is 3.70. The van der Waals surface area contributed by atoms with Crippen LogP contribution in [0.25, 0.3) is 0 Å². The highest BCUT2D eigenvalue weighted by molar-refractivity contribution is 7.87. The van der Waals surface area contributed by atoms with Gasteiger partial charge in [-0.15, -0.1) is 6.42 Å². The van der Waals surface area contributed by atoms with Gasteiger partial charge in [-0.1, -0.05) is 5.92 Å². The number of aromatic nitrogens is 1. The van der Waals surface area contributed by atoms with Crippen LogP contribution >= 0.6 is 0 Å². The molecule has 1 aromatic heterocycles. The summed E-state index contributed by atoms with van der Waals surface area (Å²) in [5, 5.41) is 0. The van der Waals surface area contributed by atoms with E-state index in [1.807, 2.05) is 5.92 Å². The zero-order valence-corrected chi connectivity index (χ0v) is 8.34. The summed E-state index contributed by atoms with van der Waals surface area (Å²) >= 11 is 0. The lowest BCUT2D eigenvalue weighted by atomic mass is 10.3. The Morgan fingerprint density at radius 1 is 1.44 bits per heavy atom. The molecule has 4 nitrogen and oxygen atoms in total. The number of nitrogens with zero attached hydrogens (tertiary/aromatic N) is 1. The van der Waals surface area contributed by atoms with Crippen molar-refractivity contribution in [3.05, 3.63) is 23.9 Å². The van der Waals surface area contributed by atoms with Gasteiger partial charge in [0.2, 0.25) is 5.88 Å². The highest BCUT2D eigenvalue weighted by atomic mass is 32.2. The van der Waals surface area contributed by atoms with Gasteiger partial charge in [0.25, 0.3) is 0 Å². The maximum atomic E-state index is 12.0. The zero-order valence-electron chi connectivity index (χ0n) is 7.52. The highest BCUT2D eigenvalue weighted by Gasteiger charge is 2.49. The first-order chi connectivity index (χ1) is 7.28. The van der Waals surface area contributed by atoms with Crippen molar-refractivity contribution in [1.82, 2.24) is 4.98 Å². The number of halogens is 3. The quantitative estimate of drug-likeness (QED) is 0.451. The molecule has 1 heterocycles. The Labute approximate surface area is 89.2 Å². The minimum absolute atomic E-state index is 0.185. The molecule has 0 aromatic carbocycles. The fraction of sp³-hybridized carbons (Fsp3) is 0.125. The molecule has 8 heteroatoms. The van der Waals surface area contributed by atoms with Gasteiger partial charge in [-0.25, -0.2) is 4.98 Å². The van der Waals surface area contributed by atoms with E-state index in [4.69, 9.17) is 6.42 Å². The molecule has 0 saturated heterocycles. The van der Waals surface area contributed by atoms with Crippen LogP contribution in [0.2, 0.25) is 0 Å². The second kappa shape index (κ2) is 4.02. The Hall–Kier alpha value is -1.75. The summed E-state index contributed by atoms with van der Waals surface area (Å²) in [5.74, 6) is 1.17. The summed E-state index contributed by atoms with van der Waals surface area (Å²) < 4.78 is 60.9. The van der Waals surface area contributed by atoms with E-state index in [0.717, 1.165) is 6.20 Å². The fourth-order valence-electron chi connectivity index (χ4n) is 0.718. The molecule has 0 bridgehead atoms. The Kier molecular flexibility index (Phi) is 3.09. The standard InChI is InChI=1S/C8H4F3NO3S/c1-2-6-4-3-5-12-7(6)15-16(13,14)8(9,10)11/h1,3-5H. The highest BCUT2D eigenvalue weighted by Crippen LogP contribution is 2.27. The molecule has 1 rings (SSSR count). The molecule has 0 aliphatic heterocycles. The SMILES string of the molecule is C#Cc1cccnc1OS(=O)(=O)C(F)(F)F. The van der Waals surface area contributed by atoms with Crippen molar-refractivity contribution in [2.75, 3.05) is 0 Å². The van der Waals surface area contributed by atoms with Crippen LogP contribution < -0.4 is 4.18 Å². The summed E-state index contributed by atoms with van der Waals surface area (Å²) in [6.07, 6.45) is 5.99. The lowest BCUT2D eigenvalue weighted by Crippen LogP contribution is -2.28. The topological polar surface area (TPSA) is 56.3 Å². The Morgan fingerprint density at radius 3 is 2.56 bits per heavy atom. The molecule has 0 unspecified atom stereocenters. The summed E-state index contributed by atoms with van der Waals surface area (Å²) in [7, 11) is -5.74. The van der Waals surface area contributed by atoms with Crippen LogP contribution in [-0.4, -0.2) is 18.9 Å². The average Bonchev–Trinajstić information content (AvgIpc) is 2.16. The van der Waals surface area contributed by atoms with Crippen LogP contribution in [0.3, 0.4) is 0 Å². The third-order valence-corrected chi connectivity index (χ3v) is 2.34. The Balaban J connectivity index is 3.13.